The number of hydrazine groups is 1. The predicted octanol–water partition coefficient (Wildman–Crippen LogP) is 4.54. The monoisotopic (exact) mass is 254 g/mol. The SMILES string of the molecule is CCCCCCCC(CC1CCCCCC1)NN. The first-order chi connectivity index (χ1) is 8.86. The van der Waals surface area contributed by atoms with Crippen LogP contribution in [0.2, 0.25) is 0 Å². The first-order valence-electron chi connectivity index (χ1n) is 8.33. The van der Waals surface area contributed by atoms with Crippen molar-refractivity contribution in [3.05, 3.63) is 0 Å². The minimum absolute atomic E-state index is 0.565. The molecule has 1 aliphatic carbocycles. The summed E-state index contributed by atoms with van der Waals surface area (Å²) in [6.07, 6.45) is 18.1. The average Bonchev–Trinajstić information content (AvgIpc) is 2.65. The van der Waals surface area contributed by atoms with Crippen molar-refractivity contribution in [3.63, 3.8) is 0 Å². The van der Waals surface area contributed by atoms with Crippen LogP contribution in [0.3, 0.4) is 0 Å². The Kier molecular flexibility index (Phi) is 9.59. The Labute approximate surface area is 114 Å². The summed E-state index contributed by atoms with van der Waals surface area (Å²) < 4.78 is 0. The van der Waals surface area contributed by atoms with Gasteiger partial charge in [-0.15, -0.1) is 0 Å². The molecule has 0 amide bonds. The van der Waals surface area contributed by atoms with Crippen molar-refractivity contribution in [3.8, 4) is 0 Å². The molecule has 18 heavy (non-hydrogen) atoms. The third kappa shape index (κ3) is 7.38. The molecular formula is C16H34N2. The third-order valence-corrected chi connectivity index (χ3v) is 4.48. The van der Waals surface area contributed by atoms with E-state index in [1.54, 1.807) is 0 Å². The summed E-state index contributed by atoms with van der Waals surface area (Å²) in [6, 6.07) is 0.565. The van der Waals surface area contributed by atoms with E-state index in [0.29, 0.717) is 6.04 Å². The maximum absolute atomic E-state index is 5.72. The van der Waals surface area contributed by atoms with Gasteiger partial charge in [-0.1, -0.05) is 77.6 Å². The topological polar surface area (TPSA) is 38.0 Å². The van der Waals surface area contributed by atoms with E-state index in [1.807, 2.05) is 0 Å². The van der Waals surface area contributed by atoms with Crippen molar-refractivity contribution in [1.82, 2.24) is 5.43 Å². The molecule has 0 spiro atoms. The second-order valence-corrected chi connectivity index (χ2v) is 6.16. The average molecular weight is 254 g/mol. The van der Waals surface area contributed by atoms with Crippen LogP contribution in [0.25, 0.3) is 0 Å². The molecule has 0 bridgehead atoms. The molecule has 0 saturated heterocycles. The van der Waals surface area contributed by atoms with E-state index < -0.39 is 0 Å². The van der Waals surface area contributed by atoms with Gasteiger partial charge in [-0.3, -0.25) is 11.3 Å². The molecule has 2 heteroatoms. The Bertz CT molecular complexity index is 174. The van der Waals surface area contributed by atoms with Crippen molar-refractivity contribution in [2.75, 3.05) is 0 Å². The van der Waals surface area contributed by atoms with Gasteiger partial charge < -0.3 is 0 Å². The zero-order valence-corrected chi connectivity index (χ0v) is 12.4. The summed E-state index contributed by atoms with van der Waals surface area (Å²) in [5, 5.41) is 0. The first-order valence-corrected chi connectivity index (χ1v) is 8.33. The Morgan fingerprint density at radius 3 is 2.28 bits per heavy atom. The number of nitrogens with one attached hydrogen (secondary N) is 1. The molecule has 3 N–H and O–H groups in total. The van der Waals surface area contributed by atoms with Crippen LogP contribution in [0.15, 0.2) is 0 Å². The zero-order valence-electron chi connectivity index (χ0n) is 12.4. The lowest BCUT2D eigenvalue weighted by Gasteiger charge is -2.22. The van der Waals surface area contributed by atoms with Gasteiger partial charge in [0.1, 0.15) is 0 Å². The molecule has 0 radical (unpaired) electrons. The summed E-state index contributed by atoms with van der Waals surface area (Å²) in [7, 11) is 0. The number of nitrogens with two attached hydrogens (primary N) is 1. The fourth-order valence-electron chi connectivity index (χ4n) is 3.27. The van der Waals surface area contributed by atoms with Crippen molar-refractivity contribution in [2.45, 2.75) is 96.4 Å². The van der Waals surface area contributed by atoms with Crippen molar-refractivity contribution >= 4 is 0 Å². The second kappa shape index (κ2) is 10.8. The quantitative estimate of drug-likeness (QED) is 0.274. The van der Waals surface area contributed by atoms with E-state index in [1.165, 1.54) is 83.5 Å². The van der Waals surface area contributed by atoms with Crippen LogP contribution in [0.5, 0.6) is 0 Å². The lowest BCUT2D eigenvalue weighted by molar-refractivity contribution is 0.335. The van der Waals surface area contributed by atoms with Gasteiger partial charge in [-0.25, -0.2) is 0 Å². The van der Waals surface area contributed by atoms with E-state index >= 15 is 0 Å². The normalized spacial score (nSPS) is 19.7. The minimum atomic E-state index is 0.565. The Hall–Kier alpha value is -0.0800. The maximum atomic E-state index is 5.72. The van der Waals surface area contributed by atoms with Crippen LogP contribution in [-0.2, 0) is 0 Å². The molecule has 2 nitrogen and oxygen atoms in total. The molecule has 1 saturated carbocycles. The van der Waals surface area contributed by atoms with Gasteiger partial charge in [0.15, 0.2) is 0 Å². The molecule has 1 unspecified atom stereocenters. The number of unbranched alkanes of at least 4 members (excludes halogenated alkanes) is 4. The van der Waals surface area contributed by atoms with Crippen molar-refractivity contribution < 1.29 is 0 Å². The molecule has 0 aromatic heterocycles. The lowest BCUT2D eigenvalue weighted by atomic mass is 9.90. The van der Waals surface area contributed by atoms with E-state index in [9.17, 15) is 0 Å². The Morgan fingerprint density at radius 2 is 1.67 bits per heavy atom. The standard InChI is InChI=1S/C16H34N2/c1-2-3-4-5-10-13-16(18-17)14-15-11-8-6-7-9-12-15/h15-16,18H,2-14,17H2,1H3. The van der Waals surface area contributed by atoms with E-state index in [0.717, 1.165) is 5.92 Å². The summed E-state index contributed by atoms with van der Waals surface area (Å²) in [4.78, 5) is 0. The van der Waals surface area contributed by atoms with Crippen LogP contribution in [0, 0.1) is 5.92 Å². The summed E-state index contributed by atoms with van der Waals surface area (Å²) >= 11 is 0. The number of hydrogen-bond acceptors (Lipinski definition) is 2. The summed E-state index contributed by atoms with van der Waals surface area (Å²) in [5.74, 6) is 6.65. The van der Waals surface area contributed by atoms with Gasteiger partial charge in [0.05, 0.1) is 0 Å². The van der Waals surface area contributed by atoms with Gasteiger partial charge in [-0.2, -0.15) is 0 Å². The predicted molar refractivity (Wildman–Crippen MR) is 80.3 cm³/mol. The summed E-state index contributed by atoms with van der Waals surface area (Å²) in [5.41, 5.74) is 3.06. The maximum Gasteiger partial charge on any atom is 0.0213 e. The largest absolute Gasteiger partial charge is 0.271 e. The number of rotatable bonds is 9. The first kappa shape index (κ1) is 16.0. The van der Waals surface area contributed by atoms with Crippen molar-refractivity contribution in [1.29, 1.82) is 0 Å². The highest BCUT2D eigenvalue weighted by molar-refractivity contribution is 4.72. The minimum Gasteiger partial charge on any atom is -0.271 e. The molecular weight excluding hydrogens is 220 g/mol. The Morgan fingerprint density at radius 1 is 1.00 bits per heavy atom. The van der Waals surface area contributed by atoms with Gasteiger partial charge in [0, 0.05) is 6.04 Å². The van der Waals surface area contributed by atoms with Gasteiger partial charge in [0.25, 0.3) is 0 Å². The molecule has 0 aliphatic heterocycles. The molecule has 1 atom stereocenters. The molecule has 1 aliphatic rings. The Balaban J connectivity index is 2.11. The molecule has 0 aromatic rings. The highest BCUT2D eigenvalue weighted by Gasteiger charge is 2.17. The second-order valence-electron chi connectivity index (χ2n) is 6.16. The lowest BCUT2D eigenvalue weighted by Crippen LogP contribution is -2.36. The highest BCUT2D eigenvalue weighted by Crippen LogP contribution is 2.27. The fourth-order valence-corrected chi connectivity index (χ4v) is 3.27. The van der Waals surface area contributed by atoms with E-state index in [-0.39, 0.29) is 0 Å². The molecule has 108 valence electrons. The van der Waals surface area contributed by atoms with Gasteiger partial charge >= 0.3 is 0 Å². The van der Waals surface area contributed by atoms with E-state index in [2.05, 4.69) is 12.3 Å². The molecule has 1 fully saturated rings. The van der Waals surface area contributed by atoms with Crippen LogP contribution in [-0.4, -0.2) is 6.04 Å². The summed E-state index contributed by atoms with van der Waals surface area (Å²) in [6.45, 7) is 2.27. The van der Waals surface area contributed by atoms with Crippen LogP contribution in [0.4, 0.5) is 0 Å². The van der Waals surface area contributed by atoms with Crippen LogP contribution < -0.4 is 11.3 Å². The van der Waals surface area contributed by atoms with Gasteiger partial charge in [-0.05, 0) is 18.8 Å². The fraction of sp³-hybridized carbons (Fsp3) is 1.00. The number of hydrogen-bond donors (Lipinski definition) is 2. The molecule has 0 aromatic carbocycles. The highest BCUT2D eigenvalue weighted by atomic mass is 15.2. The third-order valence-electron chi connectivity index (χ3n) is 4.48. The van der Waals surface area contributed by atoms with Gasteiger partial charge in [0.2, 0.25) is 0 Å². The molecule has 1 rings (SSSR count). The zero-order chi connectivity index (χ0) is 13.1. The van der Waals surface area contributed by atoms with E-state index in [4.69, 9.17) is 5.84 Å². The smallest absolute Gasteiger partial charge is 0.0213 e. The van der Waals surface area contributed by atoms with Crippen LogP contribution >= 0.6 is 0 Å². The molecule has 0 heterocycles. The van der Waals surface area contributed by atoms with Crippen LogP contribution in [0.1, 0.15) is 90.4 Å². The van der Waals surface area contributed by atoms with Crippen molar-refractivity contribution in [2.24, 2.45) is 11.8 Å².